The number of rotatable bonds is 7. The second-order valence-corrected chi connectivity index (χ2v) is 7.92. The van der Waals surface area contributed by atoms with Gasteiger partial charge < -0.3 is 9.84 Å². The van der Waals surface area contributed by atoms with Crippen molar-refractivity contribution in [2.24, 2.45) is 0 Å². The molecule has 0 amide bonds. The number of nitrogens with zero attached hydrogens (tertiary/aromatic N) is 1. The van der Waals surface area contributed by atoms with Gasteiger partial charge in [0.25, 0.3) is 0 Å². The van der Waals surface area contributed by atoms with Gasteiger partial charge in [-0.1, -0.05) is 5.16 Å². The second kappa shape index (κ2) is 5.88. The smallest absolute Gasteiger partial charge is 0.241 e. The van der Waals surface area contributed by atoms with Crippen molar-refractivity contribution in [2.45, 2.75) is 43.8 Å². The minimum Gasteiger partial charge on any atom is -0.361 e. The third-order valence-corrected chi connectivity index (χ3v) is 5.67. The summed E-state index contributed by atoms with van der Waals surface area (Å²) in [6.07, 6.45) is 2.43. The Morgan fingerprint density at radius 1 is 1.38 bits per heavy atom. The Morgan fingerprint density at radius 3 is 2.86 bits per heavy atom. The summed E-state index contributed by atoms with van der Waals surface area (Å²) in [6, 6.07) is 4.04. The van der Waals surface area contributed by atoms with E-state index in [2.05, 4.69) is 15.2 Å². The molecule has 2 N–H and O–H groups in total. The Balaban J connectivity index is 1.60. The van der Waals surface area contributed by atoms with E-state index < -0.39 is 10.0 Å². The minimum atomic E-state index is -3.50. The van der Waals surface area contributed by atoms with E-state index in [4.69, 9.17) is 4.52 Å². The highest BCUT2D eigenvalue weighted by Crippen LogP contribution is 2.23. The summed E-state index contributed by atoms with van der Waals surface area (Å²) in [5, 5.41) is 8.80. The Labute approximate surface area is 127 Å². The lowest BCUT2D eigenvalue weighted by Crippen LogP contribution is -2.23. The molecule has 0 bridgehead atoms. The van der Waals surface area contributed by atoms with Crippen LogP contribution in [0, 0.1) is 6.92 Å². The van der Waals surface area contributed by atoms with E-state index in [0.29, 0.717) is 22.4 Å². The lowest BCUT2D eigenvalue weighted by Gasteiger charge is -2.02. The van der Waals surface area contributed by atoms with Gasteiger partial charge in [0.15, 0.2) is 0 Å². The topological polar surface area (TPSA) is 84.2 Å². The lowest BCUT2D eigenvalue weighted by molar-refractivity contribution is 0.390. The van der Waals surface area contributed by atoms with Crippen LogP contribution in [0.2, 0.25) is 0 Å². The lowest BCUT2D eigenvalue weighted by atomic mass is 10.4. The van der Waals surface area contributed by atoms with Gasteiger partial charge in [-0.25, -0.2) is 13.1 Å². The summed E-state index contributed by atoms with van der Waals surface area (Å²) < 4.78 is 31.8. The number of hydrogen-bond acceptors (Lipinski definition) is 6. The molecule has 1 fully saturated rings. The maximum Gasteiger partial charge on any atom is 0.241 e. The molecule has 1 aliphatic rings. The SMILES string of the molecule is Cc1cc(CNS(=O)(=O)c2csc(CNC3CC3)c2)no1. The molecule has 1 aliphatic carbocycles. The van der Waals surface area contributed by atoms with Gasteiger partial charge in [0.1, 0.15) is 5.76 Å². The zero-order valence-corrected chi connectivity index (χ0v) is 13.3. The predicted octanol–water partition coefficient (Wildman–Crippen LogP) is 1.78. The van der Waals surface area contributed by atoms with Crippen molar-refractivity contribution in [1.29, 1.82) is 0 Å². The monoisotopic (exact) mass is 327 g/mol. The number of nitrogens with one attached hydrogen (secondary N) is 2. The Hall–Kier alpha value is -1.22. The molecule has 1 saturated carbocycles. The van der Waals surface area contributed by atoms with Crippen LogP contribution in [0.5, 0.6) is 0 Å². The number of thiophene rings is 1. The zero-order valence-electron chi connectivity index (χ0n) is 11.6. The maximum absolute atomic E-state index is 12.2. The normalized spacial score (nSPS) is 15.5. The summed E-state index contributed by atoms with van der Waals surface area (Å²) in [4.78, 5) is 1.33. The fourth-order valence-electron chi connectivity index (χ4n) is 1.88. The van der Waals surface area contributed by atoms with E-state index in [0.717, 1.165) is 11.4 Å². The fraction of sp³-hybridized carbons (Fsp3) is 0.462. The van der Waals surface area contributed by atoms with E-state index in [-0.39, 0.29) is 6.54 Å². The van der Waals surface area contributed by atoms with E-state index >= 15 is 0 Å². The minimum absolute atomic E-state index is 0.130. The van der Waals surface area contributed by atoms with Gasteiger partial charge in [-0.3, -0.25) is 0 Å². The first-order chi connectivity index (χ1) is 10.0. The zero-order chi connectivity index (χ0) is 14.9. The molecule has 0 unspecified atom stereocenters. The molecule has 0 radical (unpaired) electrons. The molecule has 2 aromatic rings. The van der Waals surface area contributed by atoms with Gasteiger partial charge in [-0.2, -0.15) is 0 Å². The molecule has 0 aliphatic heterocycles. The number of aryl methyl sites for hydroxylation is 1. The maximum atomic E-state index is 12.2. The molecule has 2 aromatic heterocycles. The van der Waals surface area contributed by atoms with Gasteiger partial charge in [0, 0.05) is 28.9 Å². The highest BCUT2D eigenvalue weighted by atomic mass is 32.2. The third kappa shape index (κ3) is 3.91. The largest absolute Gasteiger partial charge is 0.361 e. The number of aromatic nitrogens is 1. The van der Waals surface area contributed by atoms with Crippen molar-refractivity contribution in [3.05, 3.63) is 33.8 Å². The average molecular weight is 327 g/mol. The molecular weight excluding hydrogens is 310 g/mol. The first-order valence-corrected chi connectivity index (χ1v) is 9.12. The van der Waals surface area contributed by atoms with Crippen LogP contribution in [-0.4, -0.2) is 19.6 Å². The van der Waals surface area contributed by atoms with Crippen LogP contribution in [0.25, 0.3) is 0 Å². The summed E-state index contributed by atoms with van der Waals surface area (Å²) in [7, 11) is -3.50. The van der Waals surface area contributed by atoms with Crippen molar-refractivity contribution >= 4 is 21.4 Å². The van der Waals surface area contributed by atoms with Gasteiger partial charge in [0.05, 0.1) is 17.1 Å². The second-order valence-electron chi connectivity index (χ2n) is 5.16. The van der Waals surface area contributed by atoms with Crippen molar-refractivity contribution < 1.29 is 12.9 Å². The van der Waals surface area contributed by atoms with Crippen molar-refractivity contribution in [2.75, 3.05) is 0 Å². The van der Waals surface area contributed by atoms with Crippen LogP contribution < -0.4 is 10.0 Å². The number of sulfonamides is 1. The summed E-state index contributed by atoms with van der Waals surface area (Å²) in [5.74, 6) is 0.660. The van der Waals surface area contributed by atoms with Crippen LogP contribution >= 0.6 is 11.3 Å². The Bertz CT molecular complexity index is 717. The van der Waals surface area contributed by atoms with Crippen LogP contribution in [0.3, 0.4) is 0 Å². The summed E-state index contributed by atoms with van der Waals surface area (Å²) >= 11 is 1.46. The van der Waals surface area contributed by atoms with E-state index in [1.54, 1.807) is 24.4 Å². The quantitative estimate of drug-likeness (QED) is 0.810. The summed E-state index contributed by atoms with van der Waals surface area (Å²) in [6.45, 7) is 2.63. The van der Waals surface area contributed by atoms with Gasteiger partial charge in [0.2, 0.25) is 10.0 Å². The third-order valence-electron chi connectivity index (χ3n) is 3.20. The predicted molar refractivity (Wildman–Crippen MR) is 79.4 cm³/mol. The van der Waals surface area contributed by atoms with Gasteiger partial charge >= 0.3 is 0 Å². The highest BCUT2D eigenvalue weighted by molar-refractivity contribution is 7.89. The fourth-order valence-corrected chi connectivity index (χ4v) is 4.10. The molecule has 114 valence electrons. The van der Waals surface area contributed by atoms with Crippen molar-refractivity contribution in [1.82, 2.24) is 15.2 Å². The molecule has 6 nitrogen and oxygen atoms in total. The van der Waals surface area contributed by atoms with Crippen LogP contribution in [0.4, 0.5) is 0 Å². The van der Waals surface area contributed by atoms with Crippen molar-refractivity contribution in [3.63, 3.8) is 0 Å². The molecule has 21 heavy (non-hydrogen) atoms. The molecule has 3 rings (SSSR count). The highest BCUT2D eigenvalue weighted by Gasteiger charge is 2.21. The molecule has 0 atom stereocenters. The standard InChI is InChI=1S/C13H17N3O3S2/c1-9-4-11(16-19-9)6-15-21(17,18)13-5-12(20-8-13)7-14-10-2-3-10/h4-5,8,10,14-15H,2-3,6-7H2,1H3. The summed E-state index contributed by atoms with van der Waals surface area (Å²) in [5.41, 5.74) is 0.571. The first kappa shape index (κ1) is 14.7. The Morgan fingerprint density at radius 2 is 2.19 bits per heavy atom. The first-order valence-electron chi connectivity index (χ1n) is 6.75. The molecule has 0 spiro atoms. The van der Waals surface area contributed by atoms with E-state index in [1.165, 1.54) is 24.2 Å². The average Bonchev–Trinajstić information content (AvgIpc) is 2.97. The van der Waals surface area contributed by atoms with Gasteiger partial charge in [-0.05, 0) is 25.8 Å². The Kier molecular flexibility index (Phi) is 4.12. The molecule has 2 heterocycles. The van der Waals surface area contributed by atoms with E-state index in [1.807, 2.05) is 0 Å². The molecule has 0 aromatic carbocycles. The molecule has 8 heteroatoms. The molecule has 0 saturated heterocycles. The van der Waals surface area contributed by atoms with Crippen molar-refractivity contribution in [3.8, 4) is 0 Å². The van der Waals surface area contributed by atoms with Crippen LogP contribution in [0.15, 0.2) is 26.9 Å². The van der Waals surface area contributed by atoms with E-state index in [9.17, 15) is 8.42 Å². The van der Waals surface area contributed by atoms with Gasteiger partial charge in [-0.15, -0.1) is 11.3 Å². The molecular formula is C13H17N3O3S2. The van der Waals surface area contributed by atoms with Crippen LogP contribution in [-0.2, 0) is 23.1 Å². The number of hydrogen-bond donors (Lipinski definition) is 2. The van der Waals surface area contributed by atoms with Crippen LogP contribution in [0.1, 0.15) is 29.2 Å².